The average molecular weight is 446 g/mol. The van der Waals surface area contributed by atoms with Gasteiger partial charge in [0.05, 0.1) is 22.3 Å². The molecule has 1 aromatic heterocycles. The minimum Gasteiger partial charge on any atom is -0.308 e. The molecular formula is C25H20FN3O2S. The van der Waals surface area contributed by atoms with Gasteiger partial charge in [-0.1, -0.05) is 54.2 Å². The maximum Gasteiger partial charge on any atom is 0.266 e. The van der Waals surface area contributed by atoms with E-state index < -0.39 is 5.82 Å². The van der Waals surface area contributed by atoms with E-state index >= 15 is 0 Å². The highest BCUT2D eigenvalue weighted by atomic mass is 32.2. The van der Waals surface area contributed by atoms with Crippen molar-refractivity contribution < 1.29 is 9.18 Å². The van der Waals surface area contributed by atoms with E-state index in [4.69, 9.17) is 0 Å². The van der Waals surface area contributed by atoms with Gasteiger partial charge in [-0.05, 0) is 49.2 Å². The minimum atomic E-state index is -0.526. The van der Waals surface area contributed by atoms with Crippen LogP contribution in [0.5, 0.6) is 0 Å². The molecule has 0 bridgehead atoms. The monoisotopic (exact) mass is 445 g/mol. The summed E-state index contributed by atoms with van der Waals surface area (Å²) in [6.45, 7) is 2.02. The molecule has 32 heavy (non-hydrogen) atoms. The van der Waals surface area contributed by atoms with Crippen LogP contribution < -0.4 is 10.5 Å². The third-order valence-corrected chi connectivity index (χ3v) is 6.56. The van der Waals surface area contributed by atoms with Gasteiger partial charge in [-0.15, -0.1) is 0 Å². The Morgan fingerprint density at radius 1 is 1.03 bits per heavy atom. The second-order valence-electron chi connectivity index (χ2n) is 7.74. The van der Waals surface area contributed by atoms with E-state index in [1.165, 1.54) is 16.7 Å². The van der Waals surface area contributed by atoms with Crippen LogP contribution in [0.1, 0.15) is 12.5 Å². The number of rotatable bonds is 4. The molecule has 160 valence electrons. The summed E-state index contributed by atoms with van der Waals surface area (Å²) < 4.78 is 15.9. The Morgan fingerprint density at radius 2 is 1.72 bits per heavy atom. The molecule has 3 aromatic carbocycles. The smallest absolute Gasteiger partial charge is 0.266 e. The molecule has 1 aliphatic rings. The number of anilines is 1. The lowest BCUT2D eigenvalue weighted by Gasteiger charge is -2.23. The summed E-state index contributed by atoms with van der Waals surface area (Å²) in [5.74, 6) is -0.519. The summed E-state index contributed by atoms with van der Waals surface area (Å²) >= 11 is 1.15. The van der Waals surface area contributed by atoms with Gasteiger partial charge in [-0.2, -0.15) is 0 Å². The molecule has 0 radical (unpaired) electrons. The fourth-order valence-electron chi connectivity index (χ4n) is 4.20. The maximum absolute atomic E-state index is 14.6. The molecular weight excluding hydrogens is 425 g/mol. The van der Waals surface area contributed by atoms with Gasteiger partial charge in [-0.25, -0.2) is 9.37 Å². The standard InChI is InChI=1S/C25H20FN3O2S/c1-16-14-17-8-2-6-12-21(17)28(16)23(30)15-32-25-27-20-11-5-3-9-18(20)24(31)29(25)22-13-7-4-10-19(22)26/h2-13,16H,14-15H2,1H3. The van der Waals surface area contributed by atoms with Crippen molar-refractivity contribution in [2.75, 3.05) is 10.7 Å². The molecule has 1 amide bonds. The zero-order valence-corrected chi connectivity index (χ0v) is 18.2. The van der Waals surface area contributed by atoms with E-state index in [1.54, 1.807) is 41.3 Å². The molecule has 7 heteroatoms. The van der Waals surface area contributed by atoms with Crippen LogP contribution in [0.4, 0.5) is 10.1 Å². The fourth-order valence-corrected chi connectivity index (χ4v) is 5.06. The molecule has 0 aliphatic carbocycles. The Hall–Kier alpha value is -3.45. The van der Waals surface area contributed by atoms with E-state index in [-0.39, 0.29) is 34.1 Å². The SMILES string of the molecule is CC1Cc2ccccc2N1C(=O)CSc1nc2ccccc2c(=O)n1-c1ccccc1F. The molecule has 2 heterocycles. The lowest BCUT2D eigenvalue weighted by atomic mass is 10.1. The van der Waals surface area contributed by atoms with Crippen molar-refractivity contribution in [2.45, 2.75) is 24.5 Å². The van der Waals surface area contributed by atoms with Crippen LogP contribution >= 0.6 is 11.8 Å². The first-order chi connectivity index (χ1) is 15.5. The highest BCUT2D eigenvalue weighted by molar-refractivity contribution is 7.99. The second kappa shape index (κ2) is 8.24. The molecule has 5 rings (SSSR count). The van der Waals surface area contributed by atoms with Crippen LogP contribution in [-0.4, -0.2) is 27.3 Å². The number of hydrogen-bond donors (Lipinski definition) is 0. The van der Waals surface area contributed by atoms with Crippen LogP contribution in [0.15, 0.2) is 82.7 Å². The number of nitrogens with zero attached hydrogens (tertiary/aromatic N) is 3. The van der Waals surface area contributed by atoms with Gasteiger partial charge < -0.3 is 4.90 Å². The summed E-state index contributed by atoms with van der Waals surface area (Å²) in [7, 11) is 0. The number of aromatic nitrogens is 2. The molecule has 4 aromatic rings. The number of benzene rings is 3. The Kier molecular flexibility index (Phi) is 5.27. The van der Waals surface area contributed by atoms with Crippen LogP contribution in [0.25, 0.3) is 16.6 Å². The first kappa shape index (κ1) is 20.5. The average Bonchev–Trinajstić information content (AvgIpc) is 3.14. The van der Waals surface area contributed by atoms with E-state index in [0.717, 1.165) is 29.4 Å². The first-order valence-electron chi connectivity index (χ1n) is 10.3. The van der Waals surface area contributed by atoms with Crippen LogP contribution in [-0.2, 0) is 11.2 Å². The van der Waals surface area contributed by atoms with Crippen molar-refractivity contribution in [3.8, 4) is 5.69 Å². The zero-order valence-electron chi connectivity index (χ0n) is 17.4. The summed E-state index contributed by atoms with van der Waals surface area (Å²) in [4.78, 5) is 32.8. The van der Waals surface area contributed by atoms with Gasteiger partial charge in [0.25, 0.3) is 5.56 Å². The largest absolute Gasteiger partial charge is 0.308 e. The number of para-hydroxylation sites is 3. The lowest BCUT2D eigenvalue weighted by molar-refractivity contribution is -0.116. The van der Waals surface area contributed by atoms with Gasteiger partial charge in [0, 0.05) is 11.7 Å². The second-order valence-corrected chi connectivity index (χ2v) is 8.68. The van der Waals surface area contributed by atoms with E-state index in [2.05, 4.69) is 4.98 Å². The summed E-state index contributed by atoms with van der Waals surface area (Å²) in [6.07, 6.45) is 0.806. The van der Waals surface area contributed by atoms with Crippen LogP contribution in [0, 0.1) is 5.82 Å². The summed E-state index contributed by atoms with van der Waals surface area (Å²) in [6, 6.07) is 21.0. The Balaban J connectivity index is 1.53. The lowest BCUT2D eigenvalue weighted by Crippen LogP contribution is -2.37. The first-order valence-corrected chi connectivity index (χ1v) is 11.3. The van der Waals surface area contributed by atoms with E-state index in [9.17, 15) is 14.0 Å². The number of halogens is 1. The van der Waals surface area contributed by atoms with Gasteiger partial charge in [0.1, 0.15) is 5.82 Å². The van der Waals surface area contributed by atoms with Gasteiger partial charge in [0.2, 0.25) is 5.91 Å². The Bertz CT molecular complexity index is 1400. The van der Waals surface area contributed by atoms with Gasteiger partial charge >= 0.3 is 0 Å². The molecule has 0 saturated heterocycles. The number of hydrogen-bond acceptors (Lipinski definition) is 4. The normalized spacial score (nSPS) is 15.2. The summed E-state index contributed by atoms with van der Waals surface area (Å²) in [5, 5.41) is 0.681. The third kappa shape index (κ3) is 3.48. The van der Waals surface area contributed by atoms with Gasteiger partial charge in [0.15, 0.2) is 5.16 Å². The van der Waals surface area contributed by atoms with Crippen molar-refractivity contribution in [1.29, 1.82) is 0 Å². The topological polar surface area (TPSA) is 55.2 Å². The molecule has 0 N–H and O–H groups in total. The predicted molar refractivity (Wildman–Crippen MR) is 125 cm³/mol. The molecule has 1 unspecified atom stereocenters. The third-order valence-electron chi connectivity index (χ3n) is 5.64. The minimum absolute atomic E-state index is 0.0545. The van der Waals surface area contributed by atoms with E-state index in [1.807, 2.05) is 31.2 Å². The maximum atomic E-state index is 14.6. The zero-order chi connectivity index (χ0) is 22.2. The fraction of sp³-hybridized carbons (Fsp3) is 0.160. The number of amides is 1. The Morgan fingerprint density at radius 3 is 2.53 bits per heavy atom. The number of thioether (sulfide) groups is 1. The highest BCUT2D eigenvalue weighted by Crippen LogP contribution is 2.33. The number of carbonyl (C=O) groups is 1. The molecule has 0 fully saturated rings. The highest BCUT2D eigenvalue weighted by Gasteiger charge is 2.30. The van der Waals surface area contributed by atoms with Crippen LogP contribution in [0.3, 0.4) is 0 Å². The van der Waals surface area contributed by atoms with Gasteiger partial charge in [-0.3, -0.25) is 14.2 Å². The van der Waals surface area contributed by atoms with Crippen molar-refractivity contribution >= 4 is 34.3 Å². The quantitative estimate of drug-likeness (QED) is 0.340. The van der Waals surface area contributed by atoms with Crippen molar-refractivity contribution in [1.82, 2.24) is 9.55 Å². The van der Waals surface area contributed by atoms with Crippen molar-refractivity contribution in [2.24, 2.45) is 0 Å². The Labute approximate surface area is 188 Å². The number of fused-ring (bicyclic) bond motifs is 2. The van der Waals surface area contributed by atoms with Crippen molar-refractivity contribution in [3.05, 3.63) is 94.5 Å². The molecule has 5 nitrogen and oxygen atoms in total. The molecule has 1 aliphatic heterocycles. The molecule has 0 saturated carbocycles. The molecule has 1 atom stereocenters. The van der Waals surface area contributed by atoms with E-state index in [0.29, 0.717) is 10.9 Å². The van der Waals surface area contributed by atoms with Crippen LogP contribution in [0.2, 0.25) is 0 Å². The molecule has 0 spiro atoms. The number of carbonyl (C=O) groups excluding carboxylic acids is 1. The summed E-state index contributed by atoms with van der Waals surface area (Å²) in [5.41, 5.74) is 2.33. The predicted octanol–water partition coefficient (Wildman–Crippen LogP) is 4.59. The van der Waals surface area contributed by atoms with Crippen molar-refractivity contribution in [3.63, 3.8) is 0 Å².